The lowest BCUT2D eigenvalue weighted by Gasteiger charge is -2.15. The summed E-state index contributed by atoms with van der Waals surface area (Å²) in [4.78, 5) is 0. The molecule has 0 saturated heterocycles. The van der Waals surface area contributed by atoms with Crippen LogP contribution < -0.4 is 15.2 Å². The van der Waals surface area contributed by atoms with E-state index in [2.05, 4.69) is 6.92 Å². The van der Waals surface area contributed by atoms with E-state index in [-0.39, 0.29) is 0 Å². The molecule has 0 unspecified atom stereocenters. The van der Waals surface area contributed by atoms with E-state index in [9.17, 15) is 0 Å². The Labute approximate surface area is 110 Å². The predicted octanol–water partition coefficient (Wildman–Crippen LogP) is 3.50. The predicted molar refractivity (Wildman–Crippen MR) is 75.1 cm³/mol. The van der Waals surface area contributed by atoms with Gasteiger partial charge in [-0.2, -0.15) is 0 Å². The normalized spacial score (nSPS) is 10.4. The zero-order valence-electron chi connectivity index (χ0n) is 11.6. The van der Waals surface area contributed by atoms with Crippen molar-refractivity contribution in [2.75, 3.05) is 13.2 Å². The number of rotatable bonds is 9. The lowest BCUT2D eigenvalue weighted by atomic mass is 10.2. The maximum Gasteiger partial charge on any atom is 0.165 e. The minimum absolute atomic E-state index is 0.477. The summed E-state index contributed by atoms with van der Waals surface area (Å²) in [6.07, 6.45) is 4.80. The molecule has 0 saturated carbocycles. The molecule has 3 heteroatoms. The van der Waals surface area contributed by atoms with Gasteiger partial charge in [-0.1, -0.05) is 38.3 Å². The van der Waals surface area contributed by atoms with Crippen LogP contribution >= 0.6 is 0 Å². The summed E-state index contributed by atoms with van der Waals surface area (Å²) < 4.78 is 11.4. The first kappa shape index (κ1) is 14.8. The molecule has 1 aromatic rings. The van der Waals surface area contributed by atoms with Gasteiger partial charge in [0, 0.05) is 12.1 Å². The summed E-state index contributed by atoms with van der Waals surface area (Å²) in [5, 5.41) is 0. The lowest BCUT2D eigenvalue weighted by Crippen LogP contribution is -2.06. The molecule has 1 rings (SSSR count). The van der Waals surface area contributed by atoms with E-state index in [0.29, 0.717) is 13.2 Å². The van der Waals surface area contributed by atoms with E-state index in [1.165, 1.54) is 19.3 Å². The van der Waals surface area contributed by atoms with Gasteiger partial charge in [0.25, 0.3) is 0 Å². The molecule has 18 heavy (non-hydrogen) atoms. The van der Waals surface area contributed by atoms with Gasteiger partial charge in [-0.3, -0.25) is 0 Å². The van der Waals surface area contributed by atoms with E-state index in [0.717, 1.165) is 30.1 Å². The van der Waals surface area contributed by atoms with Crippen molar-refractivity contribution in [3.8, 4) is 11.5 Å². The molecule has 0 bridgehead atoms. The molecule has 0 radical (unpaired) electrons. The number of hydrogen-bond donors (Lipinski definition) is 1. The Morgan fingerprint density at radius 1 is 1.06 bits per heavy atom. The molecule has 1 aromatic carbocycles. The van der Waals surface area contributed by atoms with E-state index in [1.54, 1.807) is 0 Å². The van der Waals surface area contributed by atoms with Crippen molar-refractivity contribution < 1.29 is 9.47 Å². The van der Waals surface area contributed by atoms with E-state index in [1.807, 2.05) is 25.1 Å². The molecule has 0 fully saturated rings. The van der Waals surface area contributed by atoms with Crippen LogP contribution in [0.15, 0.2) is 18.2 Å². The van der Waals surface area contributed by atoms with Gasteiger partial charge in [0.1, 0.15) is 0 Å². The maximum atomic E-state index is 5.85. The fourth-order valence-corrected chi connectivity index (χ4v) is 1.86. The van der Waals surface area contributed by atoms with Gasteiger partial charge in [0.05, 0.1) is 13.2 Å². The highest BCUT2D eigenvalue weighted by atomic mass is 16.5. The van der Waals surface area contributed by atoms with Gasteiger partial charge in [0.2, 0.25) is 0 Å². The third-order valence-corrected chi connectivity index (χ3v) is 2.82. The Balaban J connectivity index is 2.60. The molecule has 0 amide bonds. The first-order chi connectivity index (χ1) is 8.83. The van der Waals surface area contributed by atoms with Crippen LogP contribution in [0.25, 0.3) is 0 Å². The van der Waals surface area contributed by atoms with Gasteiger partial charge in [-0.25, -0.2) is 0 Å². The molecule has 0 spiro atoms. The topological polar surface area (TPSA) is 44.5 Å². The van der Waals surface area contributed by atoms with Gasteiger partial charge in [0.15, 0.2) is 11.5 Å². The lowest BCUT2D eigenvalue weighted by molar-refractivity contribution is 0.268. The van der Waals surface area contributed by atoms with Crippen molar-refractivity contribution in [1.29, 1.82) is 0 Å². The summed E-state index contributed by atoms with van der Waals surface area (Å²) in [6.45, 7) is 6.03. The minimum Gasteiger partial charge on any atom is -0.490 e. The second-order valence-electron chi connectivity index (χ2n) is 4.29. The van der Waals surface area contributed by atoms with Crippen molar-refractivity contribution in [1.82, 2.24) is 0 Å². The highest BCUT2D eigenvalue weighted by Gasteiger charge is 2.09. The molecule has 0 aliphatic rings. The van der Waals surface area contributed by atoms with Crippen LogP contribution in [-0.2, 0) is 6.54 Å². The van der Waals surface area contributed by atoms with Gasteiger partial charge in [-0.15, -0.1) is 0 Å². The number of para-hydroxylation sites is 1. The molecular weight excluding hydrogens is 226 g/mol. The summed E-state index contributed by atoms with van der Waals surface area (Å²) in [5.41, 5.74) is 6.74. The Bertz CT molecular complexity index is 339. The molecule has 0 aliphatic heterocycles. The fourth-order valence-electron chi connectivity index (χ4n) is 1.86. The Hall–Kier alpha value is -1.22. The highest BCUT2D eigenvalue weighted by Crippen LogP contribution is 2.31. The molecule has 0 aromatic heterocycles. The quantitative estimate of drug-likeness (QED) is 0.683. The number of nitrogens with two attached hydrogens (primary N) is 1. The average Bonchev–Trinajstić information content (AvgIpc) is 2.40. The number of unbranched alkanes of at least 4 members (excludes halogenated alkanes) is 3. The Morgan fingerprint density at radius 3 is 2.56 bits per heavy atom. The van der Waals surface area contributed by atoms with Crippen LogP contribution in [-0.4, -0.2) is 13.2 Å². The van der Waals surface area contributed by atoms with Crippen molar-refractivity contribution >= 4 is 0 Å². The molecule has 0 aliphatic carbocycles. The summed E-state index contributed by atoms with van der Waals surface area (Å²) in [5.74, 6) is 1.62. The zero-order valence-corrected chi connectivity index (χ0v) is 11.6. The zero-order chi connectivity index (χ0) is 13.2. The molecule has 102 valence electrons. The van der Waals surface area contributed by atoms with Crippen LogP contribution in [0.2, 0.25) is 0 Å². The SMILES string of the molecule is CCCCCCOc1c(CN)cccc1OCC. The molecule has 0 atom stereocenters. The fraction of sp³-hybridized carbons (Fsp3) is 0.600. The van der Waals surface area contributed by atoms with E-state index >= 15 is 0 Å². The van der Waals surface area contributed by atoms with Crippen molar-refractivity contribution in [3.05, 3.63) is 23.8 Å². The van der Waals surface area contributed by atoms with Crippen LogP contribution in [0.5, 0.6) is 11.5 Å². The number of ether oxygens (including phenoxy) is 2. The van der Waals surface area contributed by atoms with E-state index < -0.39 is 0 Å². The monoisotopic (exact) mass is 251 g/mol. The van der Waals surface area contributed by atoms with Crippen LogP contribution in [0.4, 0.5) is 0 Å². The summed E-state index contributed by atoms with van der Waals surface area (Å²) in [7, 11) is 0. The van der Waals surface area contributed by atoms with Crippen LogP contribution in [0.1, 0.15) is 45.1 Å². The maximum absolute atomic E-state index is 5.85. The number of benzene rings is 1. The Kier molecular flexibility index (Phi) is 7.26. The van der Waals surface area contributed by atoms with E-state index in [4.69, 9.17) is 15.2 Å². The van der Waals surface area contributed by atoms with Crippen LogP contribution in [0.3, 0.4) is 0 Å². The van der Waals surface area contributed by atoms with Gasteiger partial charge in [-0.05, 0) is 19.4 Å². The summed E-state index contributed by atoms with van der Waals surface area (Å²) >= 11 is 0. The first-order valence-electron chi connectivity index (χ1n) is 6.91. The highest BCUT2D eigenvalue weighted by molar-refractivity contribution is 5.46. The molecule has 0 heterocycles. The number of hydrogen-bond acceptors (Lipinski definition) is 3. The van der Waals surface area contributed by atoms with Crippen molar-refractivity contribution in [2.24, 2.45) is 5.73 Å². The first-order valence-corrected chi connectivity index (χ1v) is 6.91. The van der Waals surface area contributed by atoms with Crippen molar-refractivity contribution in [3.63, 3.8) is 0 Å². The van der Waals surface area contributed by atoms with Gasteiger partial charge < -0.3 is 15.2 Å². The molecule has 2 N–H and O–H groups in total. The third kappa shape index (κ3) is 4.57. The minimum atomic E-state index is 0.477. The molecule has 3 nitrogen and oxygen atoms in total. The molecular formula is C15H25NO2. The Morgan fingerprint density at radius 2 is 1.89 bits per heavy atom. The third-order valence-electron chi connectivity index (χ3n) is 2.82. The second-order valence-corrected chi connectivity index (χ2v) is 4.29. The van der Waals surface area contributed by atoms with Gasteiger partial charge >= 0.3 is 0 Å². The van der Waals surface area contributed by atoms with Crippen LogP contribution in [0, 0.1) is 0 Å². The summed E-state index contributed by atoms with van der Waals surface area (Å²) in [6, 6.07) is 5.88. The smallest absolute Gasteiger partial charge is 0.165 e. The standard InChI is InChI=1S/C15H25NO2/c1-3-5-6-7-11-18-15-13(12-16)9-8-10-14(15)17-4-2/h8-10H,3-7,11-12,16H2,1-2H3. The second kappa shape index (κ2) is 8.81. The van der Waals surface area contributed by atoms with Crippen molar-refractivity contribution in [2.45, 2.75) is 46.1 Å². The average molecular weight is 251 g/mol. The largest absolute Gasteiger partial charge is 0.490 e.